The van der Waals surface area contributed by atoms with E-state index in [2.05, 4.69) is 4.98 Å². The van der Waals surface area contributed by atoms with Crippen LogP contribution in [0.4, 0.5) is 0 Å². The van der Waals surface area contributed by atoms with Crippen molar-refractivity contribution in [1.82, 2.24) is 9.29 Å². The first-order chi connectivity index (χ1) is 8.34. The Kier molecular flexibility index (Phi) is 3.44. The van der Waals surface area contributed by atoms with Crippen molar-refractivity contribution in [2.75, 3.05) is 6.54 Å². The van der Waals surface area contributed by atoms with Crippen molar-refractivity contribution >= 4 is 10.0 Å². The van der Waals surface area contributed by atoms with Crippen LogP contribution in [0, 0.1) is 0 Å². The molecule has 1 unspecified atom stereocenters. The number of pyridine rings is 1. The lowest BCUT2D eigenvalue weighted by Gasteiger charge is -2.43. The predicted molar refractivity (Wildman–Crippen MR) is 69.4 cm³/mol. The van der Waals surface area contributed by atoms with E-state index in [-0.39, 0.29) is 6.04 Å². The molecule has 2 heterocycles. The summed E-state index contributed by atoms with van der Waals surface area (Å²) in [6, 6.07) is 3.13. The summed E-state index contributed by atoms with van der Waals surface area (Å²) < 4.78 is 26.7. The van der Waals surface area contributed by atoms with Crippen LogP contribution >= 0.6 is 0 Å². The Bertz CT molecular complexity index is 513. The van der Waals surface area contributed by atoms with E-state index in [4.69, 9.17) is 5.73 Å². The summed E-state index contributed by atoms with van der Waals surface area (Å²) in [5.74, 6) is 0. The fourth-order valence-electron chi connectivity index (χ4n) is 2.51. The molecule has 2 N–H and O–H groups in total. The first-order valence-electron chi connectivity index (χ1n) is 6.02. The summed E-state index contributed by atoms with van der Waals surface area (Å²) in [5, 5.41) is 0. The second-order valence-electron chi connectivity index (χ2n) is 5.33. The molecule has 0 aliphatic carbocycles. The van der Waals surface area contributed by atoms with Gasteiger partial charge in [-0.1, -0.05) is 0 Å². The lowest BCUT2D eigenvalue weighted by molar-refractivity contribution is 0.154. The van der Waals surface area contributed by atoms with Gasteiger partial charge < -0.3 is 5.73 Å². The van der Waals surface area contributed by atoms with Crippen LogP contribution < -0.4 is 5.73 Å². The van der Waals surface area contributed by atoms with Gasteiger partial charge in [0.15, 0.2) is 0 Å². The summed E-state index contributed by atoms with van der Waals surface area (Å²) in [4.78, 5) is 4.14. The lowest BCUT2D eigenvalue weighted by Crippen LogP contribution is -2.55. The molecule has 18 heavy (non-hydrogen) atoms. The standard InChI is InChI=1S/C12H19N3O2S/c1-12(2)9-10(13)5-8-15(12)18(16,17)11-3-6-14-7-4-11/h3-4,6-7,10H,5,8-9,13H2,1-2H3. The second kappa shape index (κ2) is 4.60. The number of piperidine rings is 1. The second-order valence-corrected chi connectivity index (χ2v) is 7.19. The van der Waals surface area contributed by atoms with Crippen LogP contribution in [0.2, 0.25) is 0 Å². The molecule has 1 saturated heterocycles. The highest BCUT2D eigenvalue weighted by Crippen LogP contribution is 2.32. The highest BCUT2D eigenvalue weighted by Gasteiger charge is 2.41. The normalized spacial score (nSPS) is 24.9. The van der Waals surface area contributed by atoms with Crippen LogP contribution in [0.15, 0.2) is 29.4 Å². The molecule has 1 atom stereocenters. The van der Waals surface area contributed by atoms with E-state index >= 15 is 0 Å². The van der Waals surface area contributed by atoms with E-state index in [1.165, 1.54) is 24.5 Å². The van der Waals surface area contributed by atoms with Crippen LogP contribution in [0.5, 0.6) is 0 Å². The van der Waals surface area contributed by atoms with Crippen LogP contribution in [-0.4, -0.2) is 35.8 Å². The molecule has 0 saturated carbocycles. The molecular formula is C12H19N3O2S. The SMILES string of the molecule is CC1(C)CC(N)CCN1S(=O)(=O)c1ccncc1. The Morgan fingerprint density at radius 3 is 2.56 bits per heavy atom. The molecule has 1 aromatic rings. The molecule has 1 aliphatic rings. The van der Waals surface area contributed by atoms with Crippen molar-refractivity contribution < 1.29 is 8.42 Å². The van der Waals surface area contributed by atoms with E-state index in [1.54, 1.807) is 4.31 Å². The van der Waals surface area contributed by atoms with Crippen LogP contribution in [0.3, 0.4) is 0 Å². The number of aromatic nitrogens is 1. The van der Waals surface area contributed by atoms with Gasteiger partial charge in [0, 0.05) is 30.5 Å². The highest BCUT2D eigenvalue weighted by molar-refractivity contribution is 7.89. The number of rotatable bonds is 2. The van der Waals surface area contributed by atoms with Gasteiger partial charge in [0.25, 0.3) is 0 Å². The molecular weight excluding hydrogens is 250 g/mol. The third-order valence-corrected chi connectivity index (χ3v) is 5.50. The zero-order chi connectivity index (χ0) is 13.4. The summed E-state index contributed by atoms with van der Waals surface area (Å²) in [6.45, 7) is 4.31. The Morgan fingerprint density at radius 1 is 1.39 bits per heavy atom. The van der Waals surface area contributed by atoms with Gasteiger partial charge in [-0.05, 0) is 38.8 Å². The molecule has 6 heteroatoms. The number of sulfonamides is 1. The minimum Gasteiger partial charge on any atom is -0.328 e. The summed E-state index contributed by atoms with van der Waals surface area (Å²) in [5.41, 5.74) is 5.48. The van der Waals surface area contributed by atoms with Crippen molar-refractivity contribution in [3.63, 3.8) is 0 Å². The monoisotopic (exact) mass is 269 g/mol. The largest absolute Gasteiger partial charge is 0.328 e. The predicted octanol–water partition coefficient (Wildman–Crippen LogP) is 0.972. The van der Waals surface area contributed by atoms with Crippen LogP contribution in [-0.2, 0) is 10.0 Å². The van der Waals surface area contributed by atoms with Gasteiger partial charge in [0.05, 0.1) is 4.90 Å². The minimum absolute atomic E-state index is 0.0730. The first kappa shape index (κ1) is 13.5. The number of nitrogens with two attached hydrogens (primary N) is 1. The number of hydrogen-bond acceptors (Lipinski definition) is 4. The zero-order valence-corrected chi connectivity index (χ0v) is 11.5. The van der Waals surface area contributed by atoms with Gasteiger partial charge in [0.2, 0.25) is 10.0 Å². The number of nitrogens with zero attached hydrogens (tertiary/aromatic N) is 2. The molecule has 1 aromatic heterocycles. The van der Waals surface area contributed by atoms with Crippen molar-refractivity contribution in [3.8, 4) is 0 Å². The molecule has 0 radical (unpaired) electrons. The third kappa shape index (κ3) is 2.41. The third-order valence-electron chi connectivity index (χ3n) is 3.38. The van der Waals surface area contributed by atoms with Crippen molar-refractivity contribution in [2.24, 2.45) is 5.73 Å². The van der Waals surface area contributed by atoms with Gasteiger partial charge in [-0.3, -0.25) is 4.98 Å². The van der Waals surface area contributed by atoms with Crippen LogP contribution in [0.1, 0.15) is 26.7 Å². The van der Waals surface area contributed by atoms with Crippen molar-refractivity contribution in [3.05, 3.63) is 24.5 Å². The van der Waals surface area contributed by atoms with E-state index in [0.717, 1.165) is 0 Å². The maximum atomic E-state index is 12.6. The van der Waals surface area contributed by atoms with Crippen LogP contribution in [0.25, 0.3) is 0 Å². The Morgan fingerprint density at radius 2 is 2.00 bits per heavy atom. The van der Waals surface area contributed by atoms with Crippen molar-refractivity contribution in [2.45, 2.75) is 43.2 Å². The summed E-state index contributed by atoms with van der Waals surface area (Å²) >= 11 is 0. The van der Waals surface area contributed by atoms with E-state index in [9.17, 15) is 8.42 Å². The Labute approximate surface area is 108 Å². The Balaban J connectivity index is 2.37. The van der Waals surface area contributed by atoms with Crippen molar-refractivity contribution in [1.29, 1.82) is 0 Å². The molecule has 2 rings (SSSR count). The van der Waals surface area contributed by atoms with Gasteiger partial charge >= 0.3 is 0 Å². The topological polar surface area (TPSA) is 76.3 Å². The molecule has 0 spiro atoms. The van der Waals surface area contributed by atoms with Gasteiger partial charge in [-0.2, -0.15) is 4.31 Å². The van der Waals surface area contributed by atoms with E-state index in [0.29, 0.717) is 24.3 Å². The van der Waals surface area contributed by atoms with E-state index in [1.807, 2.05) is 13.8 Å². The fourth-order valence-corrected chi connectivity index (χ4v) is 4.31. The molecule has 0 amide bonds. The lowest BCUT2D eigenvalue weighted by atomic mass is 9.90. The molecule has 0 bridgehead atoms. The smallest absolute Gasteiger partial charge is 0.243 e. The quantitative estimate of drug-likeness (QED) is 0.868. The summed E-state index contributed by atoms with van der Waals surface area (Å²) in [7, 11) is -3.46. The highest BCUT2D eigenvalue weighted by atomic mass is 32.2. The van der Waals surface area contributed by atoms with E-state index < -0.39 is 15.6 Å². The molecule has 1 aliphatic heterocycles. The van der Waals surface area contributed by atoms with Gasteiger partial charge in [-0.25, -0.2) is 8.42 Å². The zero-order valence-electron chi connectivity index (χ0n) is 10.7. The average Bonchev–Trinajstić information content (AvgIpc) is 2.28. The average molecular weight is 269 g/mol. The first-order valence-corrected chi connectivity index (χ1v) is 7.46. The molecule has 5 nitrogen and oxygen atoms in total. The minimum atomic E-state index is -3.46. The maximum Gasteiger partial charge on any atom is 0.243 e. The fraction of sp³-hybridized carbons (Fsp3) is 0.583. The van der Waals surface area contributed by atoms with Gasteiger partial charge in [0.1, 0.15) is 0 Å². The summed E-state index contributed by atoms with van der Waals surface area (Å²) in [6.07, 6.45) is 4.37. The number of hydrogen-bond donors (Lipinski definition) is 1. The molecule has 0 aromatic carbocycles. The molecule has 1 fully saturated rings. The maximum absolute atomic E-state index is 12.6. The Hall–Kier alpha value is -0.980. The van der Waals surface area contributed by atoms with Gasteiger partial charge in [-0.15, -0.1) is 0 Å². The molecule has 100 valence electrons.